The predicted molar refractivity (Wildman–Crippen MR) is 169 cm³/mol. The lowest BCUT2D eigenvalue weighted by Crippen LogP contribution is -2.02. The summed E-state index contributed by atoms with van der Waals surface area (Å²) in [6, 6.07) is 0. The van der Waals surface area contributed by atoms with Crippen LogP contribution in [0.1, 0.15) is 219 Å². The molecule has 0 saturated heterocycles. The summed E-state index contributed by atoms with van der Waals surface area (Å²) < 4.78 is 0. The quantitative estimate of drug-likeness (QED) is 0.0621. The first-order valence-corrected chi connectivity index (χ1v) is 17.8. The Morgan fingerprint density at radius 3 is 0.703 bits per heavy atom. The van der Waals surface area contributed by atoms with Gasteiger partial charge in [-0.1, -0.05) is 206 Å². The fraction of sp³-hybridized carbons (Fsp3) is 0.972. The largest absolute Gasteiger partial charge is 0.303 e. The SMILES string of the molecule is CCCCCCCCCCCCCCCCCC(C=O)CCCCCCCCCCCCCCCCC. The van der Waals surface area contributed by atoms with Crippen molar-refractivity contribution in [2.24, 2.45) is 5.92 Å². The van der Waals surface area contributed by atoms with Crippen LogP contribution in [0.2, 0.25) is 0 Å². The molecule has 1 heteroatoms. The molecule has 0 saturated carbocycles. The third-order valence-electron chi connectivity index (χ3n) is 8.55. The fourth-order valence-electron chi connectivity index (χ4n) is 5.84. The van der Waals surface area contributed by atoms with E-state index in [1.54, 1.807) is 0 Å². The van der Waals surface area contributed by atoms with Crippen LogP contribution in [-0.4, -0.2) is 6.29 Å². The second-order valence-corrected chi connectivity index (χ2v) is 12.4. The van der Waals surface area contributed by atoms with Gasteiger partial charge in [-0.05, 0) is 12.8 Å². The average Bonchev–Trinajstić information content (AvgIpc) is 2.91. The van der Waals surface area contributed by atoms with E-state index in [0.29, 0.717) is 5.92 Å². The first-order valence-electron chi connectivity index (χ1n) is 17.8. The summed E-state index contributed by atoms with van der Waals surface area (Å²) in [6.07, 6.45) is 45.9. The van der Waals surface area contributed by atoms with E-state index in [1.165, 1.54) is 199 Å². The molecule has 0 radical (unpaired) electrons. The van der Waals surface area contributed by atoms with Gasteiger partial charge in [0.2, 0.25) is 0 Å². The molecule has 0 aliphatic rings. The van der Waals surface area contributed by atoms with Crippen LogP contribution in [0.15, 0.2) is 0 Å². The lowest BCUT2D eigenvalue weighted by molar-refractivity contribution is -0.111. The van der Waals surface area contributed by atoms with Crippen LogP contribution in [0.3, 0.4) is 0 Å². The van der Waals surface area contributed by atoms with Gasteiger partial charge in [0.15, 0.2) is 0 Å². The molecule has 37 heavy (non-hydrogen) atoms. The zero-order valence-corrected chi connectivity index (χ0v) is 26.2. The van der Waals surface area contributed by atoms with E-state index in [0.717, 1.165) is 12.8 Å². The topological polar surface area (TPSA) is 17.1 Å². The summed E-state index contributed by atoms with van der Waals surface area (Å²) in [5.74, 6) is 0.337. The molecule has 0 aromatic carbocycles. The third-order valence-corrected chi connectivity index (χ3v) is 8.55. The summed E-state index contributed by atoms with van der Waals surface area (Å²) >= 11 is 0. The van der Waals surface area contributed by atoms with Crippen LogP contribution in [-0.2, 0) is 4.79 Å². The minimum absolute atomic E-state index is 0.337. The van der Waals surface area contributed by atoms with Crippen molar-refractivity contribution in [1.82, 2.24) is 0 Å². The molecule has 222 valence electrons. The first kappa shape index (κ1) is 36.7. The van der Waals surface area contributed by atoms with E-state index in [2.05, 4.69) is 13.8 Å². The Hall–Kier alpha value is -0.330. The fourth-order valence-corrected chi connectivity index (χ4v) is 5.84. The van der Waals surface area contributed by atoms with Crippen molar-refractivity contribution >= 4 is 6.29 Å². The summed E-state index contributed by atoms with van der Waals surface area (Å²) in [4.78, 5) is 11.5. The highest BCUT2D eigenvalue weighted by atomic mass is 16.1. The van der Waals surface area contributed by atoms with Gasteiger partial charge >= 0.3 is 0 Å². The van der Waals surface area contributed by atoms with Crippen molar-refractivity contribution in [2.45, 2.75) is 219 Å². The Morgan fingerprint density at radius 2 is 0.514 bits per heavy atom. The normalized spacial score (nSPS) is 11.5. The monoisotopic (exact) mass is 521 g/mol. The molecule has 0 spiro atoms. The van der Waals surface area contributed by atoms with Crippen LogP contribution in [0.4, 0.5) is 0 Å². The van der Waals surface area contributed by atoms with Gasteiger partial charge in [0, 0.05) is 5.92 Å². The van der Waals surface area contributed by atoms with E-state index >= 15 is 0 Å². The van der Waals surface area contributed by atoms with Crippen molar-refractivity contribution < 1.29 is 4.79 Å². The van der Waals surface area contributed by atoms with Crippen molar-refractivity contribution in [2.75, 3.05) is 0 Å². The highest BCUT2D eigenvalue weighted by Crippen LogP contribution is 2.19. The number of carbonyl (C=O) groups excluding carboxylic acids is 1. The molecular formula is C36H72O. The van der Waals surface area contributed by atoms with Gasteiger partial charge in [0.05, 0.1) is 0 Å². The maximum absolute atomic E-state index is 11.5. The second kappa shape index (κ2) is 33.7. The molecule has 0 bridgehead atoms. The molecule has 0 atom stereocenters. The summed E-state index contributed by atoms with van der Waals surface area (Å²) in [5, 5.41) is 0. The summed E-state index contributed by atoms with van der Waals surface area (Å²) in [5.41, 5.74) is 0. The smallest absolute Gasteiger partial charge is 0.123 e. The molecule has 0 aromatic rings. The Kier molecular flexibility index (Phi) is 33.4. The van der Waals surface area contributed by atoms with E-state index in [-0.39, 0.29) is 0 Å². The molecular weight excluding hydrogens is 448 g/mol. The van der Waals surface area contributed by atoms with E-state index in [4.69, 9.17) is 0 Å². The molecule has 0 aromatic heterocycles. The van der Waals surface area contributed by atoms with Crippen molar-refractivity contribution in [1.29, 1.82) is 0 Å². The number of carbonyl (C=O) groups is 1. The summed E-state index contributed by atoms with van der Waals surface area (Å²) in [7, 11) is 0. The zero-order valence-electron chi connectivity index (χ0n) is 26.2. The molecule has 1 nitrogen and oxygen atoms in total. The molecule has 0 amide bonds. The van der Waals surface area contributed by atoms with Crippen molar-refractivity contribution in [3.05, 3.63) is 0 Å². The zero-order chi connectivity index (χ0) is 26.9. The number of hydrogen-bond acceptors (Lipinski definition) is 1. The highest BCUT2D eigenvalue weighted by Gasteiger charge is 2.07. The second-order valence-electron chi connectivity index (χ2n) is 12.4. The maximum atomic E-state index is 11.5. The van der Waals surface area contributed by atoms with Gasteiger partial charge < -0.3 is 4.79 Å². The molecule has 0 heterocycles. The van der Waals surface area contributed by atoms with Gasteiger partial charge in [-0.3, -0.25) is 0 Å². The highest BCUT2D eigenvalue weighted by molar-refractivity contribution is 5.53. The van der Waals surface area contributed by atoms with Crippen molar-refractivity contribution in [3.8, 4) is 0 Å². The Bertz CT molecular complexity index is 369. The van der Waals surface area contributed by atoms with Gasteiger partial charge in [-0.2, -0.15) is 0 Å². The van der Waals surface area contributed by atoms with Gasteiger partial charge in [-0.15, -0.1) is 0 Å². The van der Waals surface area contributed by atoms with Gasteiger partial charge in [0.1, 0.15) is 6.29 Å². The molecule has 0 N–H and O–H groups in total. The van der Waals surface area contributed by atoms with Crippen LogP contribution >= 0.6 is 0 Å². The van der Waals surface area contributed by atoms with Crippen LogP contribution < -0.4 is 0 Å². The van der Waals surface area contributed by atoms with E-state index < -0.39 is 0 Å². The number of rotatable bonds is 33. The van der Waals surface area contributed by atoms with E-state index in [9.17, 15) is 4.79 Å². The van der Waals surface area contributed by atoms with Gasteiger partial charge in [-0.25, -0.2) is 0 Å². The predicted octanol–water partition coefficient (Wildman–Crippen LogP) is 13.3. The standard InChI is InChI=1S/C36H72O/c1-3-5-7-9-11-13-15-17-19-21-23-25-27-29-31-33-36(35-37)34-32-30-28-26-24-22-20-18-16-14-12-10-8-6-4-2/h35-36H,3-34H2,1-2H3. The molecule has 0 unspecified atom stereocenters. The molecule has 0 aliphatic heterocycles. The molecule has 0 aliphatic carbocycles. The number of aldehydes is 1. The number of hydrogen-bond donors (Lipinski definition) is 0. The Balaban J connectivity index is 3.26. The average molecular weight is 521 g/mol. The van der Waals surface area contributed by atoms with E-state index in [1.807, 2.05) is 0 Å². The van der Waals surface area contributed by atoms with Crippen molar-refractivity contribution in [3.63, 3.8) is 0 Å². The third kappa shape index (κ3) is 31.8. The van der Waals surface area contributed by atoms with Crippen LogP contribution in [0, 0.1) is 5.92 Å². The lowest BCUT2D eigenvalue weighted by Gasteiger charge is -2.10. The summed E-state index contributed by atoms with van der Waals surface area (Å²) in [6.45, 7) is 4.59. The van der Waals surface area contributed by atoms with Crippen LogP contribution in [0.25, 0.3) is 0 Å². The lowest BCUT2D eigenvalue weighted by atomic mass is 9.95. The Morgan fingerprint density at radius 1 is 0.324 bits per heavy atom. The minimum atomic E-state index is 0.337. The molecule has 0 fully saturated rings. The van der Waals surface area contributed by atoms with Crippen LogP contribution in [0.5, 0.6) is 0 Å². The molecule has 0 rings (SSSR count). The Labute approximate surface area is 236 Å². The number of unbranched alkanes of at least 4 members (excludes halogenated alkanes) is 28. The maximum Gasteiger partial charge on any atom is 0.123 e. The first-order chi connectivity index (χ1) is 18.3. The van der Waals surface area contributed by atoms with Gasteiger partial charge in [0.25, 0.3) is 0 Å². The minimum Gasteiger partial charge on any atom is -0.303 e.